The van der Waals surface area contributed by atoms with Gasteiger partial charge in [0.1, 0.15) is 5.82 Å². The van der Waals surface area contributed by atoms with Crippen LogP contribution in [0.5, 0.6) is 0 Å². The average Bonchev–Trinajstić information content (AvgIpc) is 2.77. The maximum Gasteiger partial charge on any atom is 0.100 e. The standard InChI is InChI=1S/C26H34N4.C2H6/c1-7-23(13-14-27)16-20(4)28-21(5)24-9-8-10-25(17-24)29-22(6)30-26-12-11-18(2)19(3)15-26;1-2/h8-12,15,17,21,23,28-30H,4,6-7,13,16H2,1-3,5H3;1-2H3/t21-,23?;/m0./s1. The number of anilines is 2. The fraction of sp³-hybridized carbons (Fsp3) is 0.393. The number of nitrogens with zero attached hydrogens (tertiary/aromatic N) is 1. The zero-order valence-corrected chi connectivity index (χ0v) is 20.7. The highest BCUT2D eigenvalue weighted by molar-refractivity contribution is 5.57. The molecule has 0 fully saturated rings. The van der Waals surface area contributed by atoms with Crippen molar-refractivity contribution in [3.63, 3.8) is 0 Å². The fourth-order valence-corrected chi connectivity index (χ4v) is 3.37. The van der Waals surface area contributed by atoms with E-state index in [1.807, 2.05) is 26.0 Å². The Hall–Kier alpha value is -3.19. The molecular weight excluding hydrogens is 392 g/mol. The molecule has 172 valence electrons. The molecule has 0 saturated carbocycles. The summed E-state index contributed by atoms with van der Waals surface area (Å²) in [6.07, 6.45) is 2.38. The molecular formula is C28H40N4. The van der Waals surface area contributed by atoms with Crippen LogP contribution < -0.4 is 16.0 Å². The molecule has 0 aliphatic rings. The smallest absolute Gasteiger partial charge is 0.100 e. The fourth-order valence-electron chi connectivity index (χ4n) is 3.37. The van der Waals surface area contributed by atoms with E-state index in [1.54, 1.807) is 0 Å². The molecule has 2 aromatic rings. The maximum absolute atomic E-state index is 8.94. The molecule has 0 bridgehead atoms. The summed E-state index contributed by atoms with van der Waals surface area (Å²) in [4.78, 5) is 0. The summed E-state index contributed by atoms with van der Waals surface area (Å²) >= 11 is 0. The van der Waals surface area contributed by atoms with Gasteiger partial charge in [-0.25, -0.2) is 0 Å². The molecule has 0 heterocycles. The van der Waals surface area contributed by atoms with Crippen LogP contribution in [0.15, 0.2) is 67.1 Å². The van der Waals surface area contributed by atoms with Gasteiger partial charge in [0.05, 0.1) is 6.07 Å². The lowest BCUT2D eigenvalue weighted by Gasteiger charge is -2.21. The van der Waals surface area contributed by atoms with Crippen LogP contribution >= 0.6 is 0 Å². The predicted octanol–water partition coefficient (Wildman–Crippen LogP) is 7.82. The lowest BCUT2D eigenvalue weighted by Crippen LogP contribution is -2.19. The third kappa shape index (κ3) is 8.89. The van der Waals surface area contributed by atoms with Crippen molar-refractivity contribution in [1.82, 2.24) is 5.32 Å². The van der Waals surface area contributed by atoms with E-state index >= 15 is 0 Å². The molecule has 1 unspecified atom stereocenters. The molecule has 2 rings (SSSR count). The second-order valence-corrected chi connectivity index (χ2v) is 7.96. The Morgan fingerprint density at radius 3 is 2.25 bits per heavy atom. The molecule has 0 aliphatic heterocycles. The second kappa shape index (κ2) is 14.0. The molecule has 0 saturated heterocycles. The number of hydrogen-bond donors (Lipinski definition) is 3. The third-order valence-electron chi connectivity index (χ3n) is 5.40. The van der Waals surface area contributed by atoms with Gasteiger partial charge in [0.2, 0.25) is 0 Å². The number of nitrogens with one attached hydrogen (secondary N) is 3. The highest BCUT2D eigenvalue weighted by Crippen LogP contribution is 2.23. The number of hydrogen-bond acceptors (Lipinski definition) is 4. The quantitative estimate of drug-likeness (QED) is 0.339. The minimum atomic E-state index is 0.125. The van der Waals surface area contributed by atoms with Crippen molar-refractivity contribution in [2.45, 2.75) is 66.8 Å². The summed E-state index contributed by atoms with van der Waals surface area (Å²) in [6.45, 7) is 20.7. The molecule has 3 N–H and O–H groups in total. The van der Waals surface area contributed by atoms with Gasteiger partial charge in [-0.2, -0.15) is 5.26 Å². The summed E-state index contributed by atoms with van der Waals surface area (Å²) in [6, 6.07) is 16.9. The van der Waals surface area contributed by atoms with Crippen molar-refractivity contribution >= 4 is 11.4 Å². The Labute approximate surface area is 195 Å². The van der Waals surface area contributed by atoms with E-state index < -0.39 is 0 Å². The lowest BCUT2D eigenvalue weighted by molar-refractivity contribution is 0.487. The van der Waals surface area contributed by atoms with Crippen molar-refractivity contribution in [1.29, 1.82) is 5.26 Å². The first kappa shape index (κ1) is 26.8. The van der Waals surface area contributed by atoms with Crippen LogP contribution in [-0.2, 0) is 0 Å². The van der Waals surface area contributed by atoms with Crippen LogP contribution in [0.4, 0.5) is 11.4 Å². The van der Waals surface area contributed by atoms with Crippen molar-refractivity contribution in [2.75, 3.05) is 10.6 Å². The molecule has 2 aromatic carbocycles. The Morgan fingerprint density at radius 2 is 1.66 bits per heavy atom. The first-order chi connectivity index (χ1) is 15.3. The van der Waals surface area contributed by atoms with Crippen LogP contribution in [0, 0.1) is 31.1 Å². The van der Waals surface area contributed by atoms with Crippen molar-refractivity contribution < 1.29 is 0 Å². The normalized spacial score (nSPS) is 11.8. The Morgan fingerprint density at radius 1 is 1.00 bits per heavy atom. The Kier molecular flexibility index (Phi) is 11.7. The molecule has 4 nitrogen and oxygen atoms in total. The molecule has 0 aliphatic carbocycles. The van der Waals surface area contributed by atoms with Gasteiger partial charge in [0, 0.05) is 29.5 Å². The van der Waals surface area contributed by atoms with Gasteiger partial charge in [0.15, 0.2) is 0 Å². The van der Waals surface area contributed by atoms with E-state index in [1.165, 1.54) is 11.1 Å². The summed E-state index contributed by atoms with van der Waals surface area (Å²) < 4.78 is 0. The molecule has 0 aromatic heterocycles. The first-order valence-electron chi connectivity index (χ1n) is 11.5. The average molecular weight is 433 g/mol. The highest BCUT2D eigenvalue weighted by atomic mass is 15.1. The van der Waals surface area contributed by atoms with Crippen LogP contribution in [0.3, 0.4) is 0 Å². The van der Waals surface area contributed by atoms with Gasteiger partial charge in [-0.15, -0.1) is 0 Å². The van der Waals surface area contributed by atoms with E-state index in [-0.39, 0.29) is 6.04 Å². The monoisotopic (exact) mass is 432 g/mol. The molecule has 0 amide bonds. The summed E-state index contributed by atoms with van der Waals surface area (Å²) in [7, 11) is 0. The van der Waals surface area contributed by atoms with Gasteiger partial charge in [-0.3, -0.25) is 0 Å². The molecule has 4 heteroatoms. The lowest BCUT2D eigenvalue weighted by atomic mass is 9.97. The van der Waals surface area contributed by atoms with E-state index in [2.05, 4.69) is 93.2 Å². The molecule has 32 heavy (non-hydrogen) atoms. The zero-order chi connectivity index (χ0) is 24.1. The largest absolute Gasteiger partial charge is 0.382 e. The van der Waals surface area contributed by atoms with Crippen LogP contribution in [0.25, 0.3) is 0 Å². The van der Waals surface area contributed by atoms with Crippen molar-refractivity contribution in [3.05, 3.63) is 83.8 Å². The van der Waals surface area contributed by atoms with Crippen LogP contribution in [0.2, 0.25) is 0 Å². The molecule has 0 radical (unpaired) electrons. The number of aryl methyl sites for hydroxylation is 2. The van der Waals surface area contributed by atoms with E-state index in [0.29, 0.717) is 12.3 Å². The third-order valence-corrected chi connectivity index (χ3v) is 5.40. The minimum absolute atomic E-state index is 0.125. The van der Waals surface area contributed by atoms with Crippen LogP contribution in [-0.4, -0.2) is 0 Å². The molecule has 0 spiro atoms. The number of benzene rings is 2. The van der Waals surface area contributed by atoms with Gasteiger partial charge in [-0.05, 0) is 74.1 Å². The van der Waals surface area contributed by atoms with Crippen molar-refractivity contribution in [3.8, 4) is 6.07 Å². The molecule has 2 atom stereocenters. The van der Waals surface area contributed by atoms with Gasteiger partial charge < -0.3 is 16.0 Å². The minimum Gasteiger partial charge on any atom is -0.382 e. The SMILES string of the molecule is C=C(CC(CC)CC#N)N[C@@H](C)c1cccc(NC(=C)Nc2ccc(C)c(C)c2)c1.CC. The van der Waals surface area contributed by atoms with Gasteiger partial charge >= 0.3 is 0 Å². The van der Waals surface area contributed by atoms with E-state index in [9.17, 15) is 0 Å². The summed E-state index contributed by atoms with van der Waals surface area (Å²) in [5.74, 6) is 1.08. The zero-order valence-electron chi connectivity index (χ0n) is 20.7. The first-order valence-corrected chi connectivity index (χ1v) is 11.5. The summed E-state index contributed by atoms with van der Waals surface area (Å²) in [5, 5.41) is 19.1. The van der Waals surface area contributed by atoms with Crippen molar-refractivity contribution in [2.24, 2.45) is 5.92 Å². The highest BCUT2D eigenvalue weighted by Gasteiger charge is 2.11. The number of rotatable bonds is 11. The van der Waals surface area contributed by atoms with E-state index in [4.69, 9.17) is 5.26 Å². The summed E-state index contributed by atoms with van der Waals surface area (Å²) in [5.41, 5.74) is 6.64. The maximum atomic E-state index is 8.94. The topological polar surface area (TPSA) is 59.9 Å². The van der Waals surface area contributed by atoms with Gasteiger partial charge in [-0.1, -0.05) is 58.5 Å². The van der Waals surface area contributed by atoms with Gasteiger partial charge in [0.25, 0.3) is 0 Å². The Bertz CT molecular complexity index is 923. The van der Waals surface area contributed by atoms with E-state index in [0.717, 1.165) is 41.3 Å². The predicted molar refractivity (Wildman–Crippen MR) is 139 cm³/mol. The second-order valence-electron chi connectivity index (χ2n) is 7.96. The van der Waals surface area contributed by atoms with Crippen LogP contribution in [0.1, 0.15) is 69.7 Å². The Balaban J connectivity index is 0.00000249. The number of nitriles is 1. The number of allylic oxidation sites excluding steroid dienone is 1.